The summed E-state index contributed by atoms with van der Waals surface area (Å²) in [7, 11) is 0. The maximum Gasteiger partial charge on any atom is 0.224 e. The molecule has 0 radical (unpaired) electrons. The van der Waals surface area contributed by atoms with Gasteiger partial charge in [-0.25, -0.2) is 0 Å². The van der Waals surface area contributed by atoms with Crippen LogP contribution >= 0.6 is 0 Å². The number of benzene rings is 2. The van der Waals surface area contributed by atoms with Crippen LogP contribution in [-0.4, -0.2) is 36.5 Å². The highest BCUT2D eigenvalue weighted by molar-refractivity contribution is 5.87. The van der Waals surface area contributed by atoms with Crippen LogP contribution in [0.2, 0.25) is 0 Å². The molecule has 1 amide bonds. The number of carbonyl (C=O) groups excluding carboxylic acids is 1. The molecule has 1 N–H and O–H groups in total. The number of carbonyl (C=O) groups is 1. The van der Waals surface area contributed by atoms with E-state index >= 15 is 0 Å². The van der Waals surface area contributed by atoms with E-state index in [1.54, 1.807) is 6.26 Å². The fourth-order valence-electron chi connectivity index (χ4n) is 4.11. The van der Waals surface area contributed by atoms with E-state index in [2.05, 4.69) is 40.5 Å². The van der Waals surface area contributed by atoms with E-state index in [9.17, 15) is 4.79 Å². The summed E-state index contributed by atoms with van der Waals surface area (Å²) in [5, 5.41) is 4.26. The summed E-state index contributed by atoms with van der Waals surface area (Å²) in [4.78, 5) is 15.0. The predicted octanol–water partition coefficient (Wildman–Crippen LogP) is 4.19. The second-order valence-electron chi connectivity index (χ2n) is 7.70. The molecule has 1 aliphatic heterocycles. The van der Waals surface area contributed by atoms with Crippen molar-refractivity contribution in [3.8, 4) is 0 Å². The Balaban J connectivity index is 1.19. The monoisotopic (exact) mass is 376 g/mol. The van der Waals surface area contributed by atoms with E-state index in [1.807, 2.05) is 24.3 Å². The van der Waals surface area contributed by atoms with Crippen molar-refractivity contribution in [1.82, 2.24) is 10.2 Å². The highest BCUT2D eigenvalue weighted by Crippen LogP contribution is 2.20. The first kappa shape index (κ1) is 18.8. The molecular formula is C24H28N2O2. The molecule has 2 heterocycles. The molecule has 0 atom stereocenters. The Morgan fingerprint density at radius 1 is 1.04 bits per heavy atom. The largest absolute Gasteiger partial charge is 0.464 e. The lowest BCUT2D eigenvalue weighted by atomic mass is 10.0. The van der Waals surface area contributed by atoms with Gasteiger partial charge in [-0.2, -0.15) is 0 Å². The van der Waals surface area contributed by atoms with Crippen LogP contribution in [0.3, 0.4) is 0 Å². The van der Waals surface area contributed by atoms with Crippen molar-refractivity contribution in [3.05, 3.63) is 72.0 Å². The van der Waals surface area contributed by atoms with E-state index in [1.165, 1.54) is 12.0 Å². The summed E-state index contributed by atoms with van der Waals surface area (Å²) in [5.74, 6) is 0.108. The standard InChI is InChI=1S/C24H28N2O2/c27-24(18-20-9-4-10-23-22(20)13-17-28-23)25-21-11-15-26(16-12-21)14-5-8-19-6-2-1-3-7-19/h1-4,6-7,9-10,13,17,21H,5,8,11-12,14-16,18H2,(H,25,27). The van der Waals surface area contributed by atoms with Crippen LogP contribution in [0.15, 0.2) is 65.3 Å². The van der Waals surface area contributed by atoms with Crippen molar-refractivity contribution in [3.63, 3.8) is 0 Å². The Morgan fingerprint density at radius 3 is 2.68 bits per heavy atom. The van der Waals surface area contributed by atoms with Crippen molar-refractivity contribution >= 4 is 16.9 Å². The van der Waals surface area contributed by atoms with Crippen molar-refractivity contribution in [2.75, 3.05) is 19.6 Å². The first-order valence-corrected chi connectivity index (χ1v) is 10.3. The van der Waals surface area contributed by atoms with Gasteiger partial charge in [0, 0.05) is 24.5 Å². The van der Waals surface area contributed by atoms with Crippen LogP contribution in [0.1, 0.15) is 30.4 Å². The Bertz CT molecular complexity index is 895. The second-order valence-corrected chi connectivity index (χ2v) is 7.70. The van der Waals surface area contributed by atoms with Gasteiger partial charge in [-0.1, -0.05) is 42.5 Å². The van der Waals surface area contributed by atoms with Crippen molar-refractivity contribution in [1.29, 1.82) is 0 Å². The molecule has 2 aromatic carbocycles. The van der Waals surface area contributed by atoms with E-state index < -0.39 is 0 Å². The van der Waals surface area contributed by atoms with Crippen molar-refractivity contribution in [2.24, 2.45) is 0 Å². The fraction of sp³-hybridized carbons (Fsp3) is 0.375. The molecule has 0 unspecified atom stereocenters. The van der Waals surface area contributed by atoms with Gasteiger partial charge in [0.25, 0.3) is 0 Å². The SMILES string of the molecule is O=C(Cc1cccc2occc12)NC1CCN(CCCc2ccccc2)CC1. The fourth-order valence-corrected chi connectivity index (χ4v) is 4.11. The van der Waals surface area contributed by atoms with Crippen LogP contribution in [0.5, 0.6) is 0 Å². The quantitative estimate of drug-likeness (QED) is 0.673. The molecule has 1 aromatic heterocycles. The van der Waals surface area contributed by atoms with Gasteiger partial charge in [0.15, 0.2) is 0 Å². The summed E-state index contributed by atoms with van der Waals surface area (Å²) in [6.45, 7) is 3.27. The van der Waals surface area contributed by atoms with Gasteiger partial charge in [-0.05, 0) is 55.5 Å². The summed E-state index contributed by atoms with van der Waals surface area (Å²) < 4.78 is 5.43. The first-order chi connectivity index (χ1) is 13.8. The predicted molar refractivity (Wildman–Crippen MR) is 112 cm³/mol. The zero-order chi connectivity index (χ0) is 19.2. The maximum atomic E-state index is 12.5. The number of amides is 1. The third-order valence-corrected chi connectivity index (χ3v) is 5.67. The maximum absolute atomic E-state index is 12.5. The summed E-state index contributed by atoms with van der Waals surface area (Å²) in [5.41, 5.74) is 3.29. The van der Waals surface area contributed by atoms with Crippen molar-refractivity contribution in [2.45, 2.75) is 38.1 Å². The average Bonchev–Trinajstić information content (AvgIpc) is 3.20. The molecule has 146 valence electrons. The third kappa shape index (κ3) is 4.82. The number of fused-ring (bicyclic) bond motifs is 1. The Labute approximate surface area is 166 Å². The van der Waals surface area contributed by atoms with Crippen LogP contribution in [0.4, 0.5) is 0 Å². The van der Waals surface area contributed by atoms with Gasteiger partial charge in [0.1, 0.15) is 5.58 Å². The lowest BCUT2D eigenvalue weighted by molar-refractivity contribution is -0.121. The molecular weight excluding hydrogens is 348 g/mol. The zero-order valence-electron chi connectivity index (χ0n) is 16.3. The minimum absolute atomic E-state index is 0.108. The number of likely N-dealkylation sites (tertiary alicyclic amines) is 1. The molecule has 4 heteroatoms. The number of rotatable bonds is 7. The van der Waals surface area contributed by atoms with Crippen LogP contribution in [-0.2, 0) is 17.6 Å². The van der Waals surface area contributed by atoms with Gasteiger partial charge in [-0.3, -0.25) is 4.79 Å². The van der Waals surface area contributed by atoms with E-state index in [-0.39, 0.29) is 5.91 Å². The van der Waals surface area contributed by atoms with Gasteiger partial charge < -0.3 is 14.6 Å². The summed E-state index contributed by atoms with van der Waals surface area (Å²) >= 11 is 0. The number of hydrogen-bond donors (Lipinski definition) is 1. The van der Waals surface area contributed by atoms with E-state index in [4.69, 9.17) is 4.42 Å². The molecule has 0 spiro atoms. The van der Waals surface area contributed by atoms with Gasteiger partial charge >= 0.3 is 0 Å². The molecule has 4 nitrogen and oxygen atoms in total. The number of piperidine rings is 1. The Kier molecular flexibility index (Phi) is 6.07. The molecule has 0 saturated carbocycles. The minimum atomic E-state index is 0.108. The second kappa shape index (κ2) is 9.07. The lowest BCUT2D eigenvalue weighted by Crippen LogP contribution is -2.45. The van der Waals surface area contributed by atoms with Gasteiger partial charge in [0.2, 0.25) is 5.91 Å². The number of aryl methyl sites for hydroxylation is 1. The number of hydrogen-bond acceptors (Lipinski definition) is 3. The Morgan fingerprint density at radius 2 is 1.86 bits per heavy atom. The van der Waals surface area contributed by atoms with Crippen molar-refractivity contribution < 1.29 is 9.21 Å². The van der Waals surface area contributed by atoms with Gasteiger partial charge in [-0.15, -0.1) is 0 Å². The lowest BCUT2D eigenvalue weighted by Gasteiger charge is -2.32. The molecule has 3 aromatic rings. The molecule has 1 aliphatic rings. The number of nitrogens with zero attached hydrogens (tertiary/aromatic N) is 1. The summed E-state index contributed by atoms with van der Waals surface area (Å²) in [6.07, 6.45) is 6.49. The minimum Gasteiger partial charge on any atom is -0.464 e. The molecule has 4 rings (SSSR count). The molecule has 0 bridgehead atoms. The van der Waals surface area contributed by atoms with Crippen LogP contribution in [0, 0.1) is 0 Å². The highest BCUT2D eigenvalue weighted by Gasteiger charge is 2.20. The zero-order valence-corrected chi connectivity index (χ0v) is 16.3. The summed E-state index contributed by atoms with van der Waals surface area (Å²) in [6, 6.07) is 18.8. The van der Waals surface area contributed by atoms with E-state index in [0.29, 0.717) is 12.5 Å². The number of nitrogens with one attached hydrogen (secondary N) is 1. The Hall–Kier alpha value is -2.59. The smallest absolute Gasteiger partial charge is 0.224 e. The van der Waals surface area contributed by atoms with Crippen LogP contribution < -0.4 is 5.32 Å². The van der Waals surface area contributed by atoms with E-state index in [0.717, 1.165) is 55.4 Å². The molecule has 1 fully saturated rings. The first-order valence-electron chi connectivity index (χ1n) is 10.3. The normalized spacial score (nSPS) is 15.7. The van der Waals surface area contributed by atoms with Crippen LogP contribution in [0.25, 0.3) is 11.0 Å². The third-order valence-electron chi connectivity index (χ3n) is 5.67. The molecule has 0 aliphatic carbocycles. The molecule has 1 saturated heterocycles. The highest BCUT2D eigenvalue weighted by atomic mass is 16.3. The average molecular weight is 377 g/mol. The number of furan rings is 1. The topological polar surface area (TPSA) is 45.5 Å². The van der Waals surface area contributed by atoms with Gasteiger partial charge in [0.05, 0.1) is 12.7 Å². The molecule has 28 heavy (non-hydrogen) atoms.